The Morgan fingerprint density at radius 3 is 2.82 bits per heavy atom. The van der Waals surface area contributed by atoms with E-state index in [4.69, 9.17) is 0 Å². The van der Waals surface area contributed by atoms with Crippen LogP contribution in [0.2, 0.25) is 0 Å². The number of nitrogens with zero attached hydrogens (tertiary/aromatic N) is 1. The van der Waals surface area contributed by atoms with Gasteiger partial charge in [0, 0.05) is 11.0 Å². The molecule has 4 heteroatoms. The Hall–Kier alpha value is -0.870. The summed E-state index contributed by atoms with van der Waals surface area (Å²) >= 11 is 3.43. The summed E-state index contributed by atoms with van der Waals surface area (Å²) < 4.78 is 0.856. The zero-order valence-electron chi connectivity index (χ0n) is 9.40. The maximum atomic E-state index is 12.3. The van der Waals surface area contributed by atoms with Gasteiger partial charge in [-0.3, -0.25) is 4.79 Å². The summed E-state index contributed by atoms with van der Waals surface area (Å²) in [5.41, 5.74) is 1.83. The minimum Gasteiger partial charge on any atom is -0.394 e. The molecule has 1 aromatic carbocycles. The number of benzene rings is 1. The first kappa shape index (κ1) is 11.2. The summed E-state index contributed by atoms with van der Waals surface area (Å²) in [6.45, 7) is 0.706. The first-order valence-electron chi connectivity index (χ1n) is 5.91. The van der Waals surface area contributed by atoms with Gasteiger partial charge >= 0.3 is 0 Å². The first-order chi connectivity index (χ1) is 8.22. The van der Waals surface area contributed by atoms with Crippen LogP contribution in [-0.4, -0.2) is 28.6 Å². The van der Waals surface area contributed by atoms with Crippen molar-refractivity contribution in [3.8, 4) is 0 Å². The van der Waals surface area contributed by atoms with Gasteiger partial charge in [-0.2, -0.15) is 0 Å². The molecule has 0 spiro atoms. The Labute approximate surface area is 109 Å². The molecule has 1 N–H and O–H groups in total. The zero-order chi connectivity index (χ0) is 12.0. The molecule has 1 atom stereocenters. The number of aliphatic hydroxyl groups excluding tert-OH is 1. The summed E-state index contributed by atoms with van der Waals surface area (Å²) in [6.07, 6.45) is 2.26. The quantitative estimate of drug-likeness (QED) is 0.928. The van der Waals surface area contributed by atoms with Crippen LogP contribution in [0.5, 0.6) is 0 Å². The van der Waals surface area contributed by atoms with Gasteiger partial charge in [0.1, 0.15) is 0 Å². The highest BCUT2D eigenvalue weighted by atomic mass is 79.9. The average molecular weight is 296 g/mol. The lowest BCUT2D eigenvalue weighted by molar-refractivity contribution is 0.0579. The molecule has 1 saturated carbocycles. The van der Waals surface area contributed by atoms with E-state index in [9.17, 15) is 9.90 Å². The standard InChI is InChI=1S/C13H14BrNO2/c14-10-3-1-2-9-6-15(13(17)12(9)10)11(7-16)8-4-5-8/h1-3,8,11,16H,4-7H2/t11-/m0/s1. The highest BCUT2D eigenvalue weighted by molar-refractivity contribution is 9.10. The fraction of sp³-hybridized carbons (Fsp3) is 0.462. The maximum absolute atomic E-state index is 12.3. The normalized spacial score (nSPS) is 20.6. The zero-order valence-corrected chi connectivity index (χ0v) is 11.0. The molecule has 1 aliphatic heterocycles. The van der Waals surface area contributed by atoms with Crippen LogP contribution in [0.3, 0.4) is 0 Å². The molecule has 0 saturated heterocycles. The Morgan fingerprint density at radius 1 is 1.47 bits per heavy atom. The van der Waals surface area contributed by atoms with E-state index in [-0.39, 0.29) is 18.6 Å². The summed E-state index contributed by atoms with van der Waals surface area (Å²) in [4.78, 5) is 14.2. The molecular weight excluding hydrogens is 282 g/mol. The Morgan fingerprint density at radius 2 is 2.24 bits per heavy atom. The van der Waals surface area contributed by atoms with E-state index in [1.807, 2.05) is 23.1 Å². The smallest absolute Gasteiger partial charge is 0.255 e. The summed E-state index contributed by atoms with van der Waals surface area (Å²) in [7, 11) is 0. The average Bonchev–Trinajstić information content (AvgIpc) is 3.07. The van der Waals surface area contributed by atoms with Crippen LogP contribution >= 0.6 is 15.9 Å². The third-order valence-electron chi connectivity index (χ3n) is 3.67. The minimum atomic E-state index is 0.00167. The molecule has 17 heavy (non-hydrogen) atoms. The van der Waals surface area contributed by atoms with E-state index in [0.717, 1.165) is 28.4 Å². The van der Waals surface area contributed by atoms with Gasteiger partial charge in [-0.05, 0) is 46.3 Å². The molecule has 0 aromatic heterocycles. The molecule has 1 heterocycles. The van der Waals surface area contributed by atoms with E-state index in [0.29, 0.717) is 12.5 Å². The Bertz CT molecular complexity index is 470. The van der Waals surface area contributed by atoms with Crippen LogP contribution in [0.25, 0.3) is 0 Å². The molecule has 3 rings (SSSR count). The summed E-state index contributed by atoms with van der Waals surface area (Å²) in [5, 5.41) is 9.46. The molecule has 0 unspecified atom stereocenters. The van der Waals surface area contributed by atoms with Crippen molar-refractivity contribution < 1.29 is 9.90 Å². The monoisotopic (exact) mass is 295 g/mol. The van der Waals surface area contributed by atoms with Gasteiger partial charge < -0.3 is 10.0 Å². The van der Waals surface area contributed by atoms with Gasteiger partial charge in [0.05, 0.1) is 18.2 Å². The Balaban J connectivity index is 1.93. The van der Waals surface area contributed by atoms with Crippen molar-refractivity contribution in [2.75, 3.05) is 6.61 Å². The number of amides is 1. The fourth-order valence-corrected chi connectivity index (χ4v) is 3.17. The van der Waals surface area contributed by atoms with Crippen LogP contribution in [0.4, 0.5) is 0 Å². The predicted octanol–water partition coefficient (Wildman–Crippen LogP) is 2.18. The number of rotatable bonds is 3. The van der Waals surface area contributed by atoms with Crippen LogP contribution < -0.4 is 0 Å². The third-order valence-corrected chi connectivity index (χ3v) is 4.33. The molecule has 2 aliphatic rings. The van der Waals surface area contributed by atoms with Gasteiger partial charge in [-0.1, -0.05) is 12.1 Å². The van der Waals surface area contributed by atoms with Gasteiger partial charge in [-0.15, -0.1) is 0 Å². The van der Waals surface area contributed by atoms with Crippen LogP contribution in [-0.2, 0) is 6.54 Å². The highest BCUT2D eigenvalue weighted by Gasteiger charge is 2.41. The van der Waals surface area contributed by atoms with Gasteiger partial charge in [0.25, 0.3) is 5.91 Å². The number of hydrogen-bond donors (Lipinski definition) is 1. The van der Waals surface area contributed by atoms with Gasteiger partial charge in [0.2, 0.25) is 0 Å². The van der Waals surface area contributed by atoms with Crippen LogP contribution in [0.1, 0.15) is 28.8 Å². The van der Waals surface area contributed by atoms with Crippen molar-refractivity contribution in [1.82, 2.24) is 4.90 Å². The largest absolute Gasteiger partial charge is 0.394 e. The van der Waals surface area contributed by atoms with Gasteiger partial charge in [-0.25, -0.2) is 0 Å². The lowest BCUT2D eigenvalue weighted by Crippen LogP contribution is -2.39. The van der Waals surface area contributed by atoms with Crippen LogP contribution in [0, 0.1) is 5.92 Å². The van der Waals surface area contributed by atoms with Crippen molar-refractivity contribution in [2.45, 2.75) is 25.4 Å². The number of hydrogen-bond acceptors (Lipinski definition) is 2. The second-order valence-corrected chi connectivity index (χ2v) is 5.65. The lowest BCUT2D eigenvalue weighted by Gasteiger charge is -2.25. The topological polar surface area (TPSA) is 40.5 Å². The van der Waals surface area contributed by atoms with E-state index in [1.165, 1.54) is 0 Å². The van der Waals surface area contributed by atoms with Crippen molar-refractivity contribution in [3.05, 3.63) is 33.8 Å². The highest BCUT2D eigenvalue weighted by Crippen LogP contribution is 2.39. The maximum Gasteiger partial charge on any atom is 0.255 e. The number of carbonyl (C=O) groups excluding carboxylic acids is 1. The predicted molar refractivity (Wildman–Crippen MR) is 67.6 cm³/mol. The van der Waals surface area contributed by atoms with Gasteiger partial charge in [0.15, 0.2) is 0 Å². The molecule has 1 amide bonds. The SMILES string of the molecule is O=C1c2c(Br)cccc2CN1[C@@H](CO)C1CC1. The number of carbonyl (C=O) groups is 1. The van der Waals surface area contributed by atoms with Crippen molar-refractivity contribution in [1.29, 1.82) is 0 Å². The second-order valence-electron chi connectivity index (χ2n) is 4.79. The lowest BCUT2D eigenvalue weighted by atomic mass is 10.1. The molecule has 1 aromatic rings. The fourth-order valence-electron chi connectivity index (χ4n) is 2.59. The van der Waals surface area contributed by atoms with Crippen LogP contribution in [0.15, 0.2) is 22.7 Å². The molecule has 1 aliphatic carbocycles. The third kappa shape index (κ3) is 1.79. The second kappa shape index (κ2) is 4.10. The first-order valence-corrected chi connectivity index (χ1v) is 6.71. The van der Waals surface area contributed by atoms with E-state index >= 15 is 0 Å². The van der Waals surface area contributed by atoms with E-state index in [1.54, 1.807) is 0 Å². The van der Waals surface area contributed by atoms with Crippen molar-refractivity contribution >= 4 is 21.8 Å². The van der Waals surface area contributed by atoms with E-state index < -0.39 is 0 Å². The molecule has 3 nitrogen and oxygen atoms in total. The van der Waals surface area contributed by atoms with E-state index in [2.05, 4.69) is 15.9 Å². The number of halogens is 1. The van der Waals surface area contributed by atoms with Crippen molar-refractivity contribution in [2.24, 2.45) is 5.92 Å². The summed E-state index contributed by atoms with van der Waals surface area (Å²) in [6, 6.07) is 5.83. The number of aliphatic hydroxyl groups is 1. The number of fused-ring (bicyclic) bond motifs is 1. The molecule has 90 valence electrons. The molecule has 1 fully saturated rings. The molecule has 0 bridgehead atoms. The Kier molecular flexibility index (Phi) is 2.71. The van der Waals surface area contributed by atoms with Crippen molar-refractivity contribution in [3.63, 3.8) is 0 Å². The minimum absolute atomic E-state index is 0.00167. The molecule has 0 radical (unpaired) electrons. The molecular formula is C13H14BrNO2. The summed E-state index contributed by atoms with van der Waals surface area (Å²) in [5.74, 6) is 0.551.